The normalized spacial score (nSPS) is 12.1. The number of thiol groups is 1. The third kappa shape index (κ3) is 2.84. The van der Waals surface area contributed by atoms with E-state index in [2.05, 4.69) is 38.3 Å². The minimum absolute atomic E-state index is 0.359. The first kappa shape index (κ1) is 14.3. The maximum atomic E-state index is 14.3. The van der Waals surface area contributed by atoms with Crippen LogP contribution in [0.1, 0.15) is 17.3 Å². The predicted octanol–water partition coefficient (Wildman–Crippen LogP) is 1.86. The van der Waals surface area contributed by atoms with Crippen molar-refractivity contribution in [3.05, 3.63) is 60.2 Å². The second-order valence-corrected chi connectivity index (χ2v) is 4.86. The average molecular weight is 318 g/mol. The molecule has 9 heteroatoms. The summed E-state index contributed by atoms with van der Waals surface area (Å²) in [5.74, 6) is -0.447. The van der Waals surface area contributed by atoms with Crippen LogP contribution in [-0.4, -0.2) is 30.2 Å². The van der Waals surface area contributed by atoms with E-state index in [0.717, 1.165) is 0 Å². The number of carbonyl (C=O) groups excluding carboxylic acids is 1. The number of amides is 1. The molecule has 1 amide bonds. The molecule has 1 aromatic carbocycles. The highest BCUT2D eigenvalue weighted by molar-refractivity contribution is 7.96. The van der Waals surface area contributed by atoms with Crippen LogP contribution < -0.4 is 5.32 Å². The molecule has 22 heavy (non-hydrogen) atoms. The van der Waals surface area contributed by atoms with Crippen molar-refractivity contribution < 1.29 is 9.18 Å². The lowest BCUT2D eigenvalue weighted by molar-refractivity contribution is 0.259. The molecule has 2 aromatic heterocycles. The summed E-state index contributed by atoms with van der Waals surface area (Å²) >= 11 is 3.70. The van der Waals surface area contributed by atoms with Gasteiger partial charge in [0.25, 0.3) is 5.24 Å². The summed E-state index contributed by atoms with van der Waals surface area (Å²) in [5.41, 5.74) is 1.34. The second-order valence-electron chi connectivity index (χ2n) is 4.46. The van der Waals surface area contributed by atoms with Crippen molar-refractivity contribution in [2.45, 2.75) is 6.04 Å². The first-order valence-electron chi connectivity index (χ1n) is 6.28. The first-order valence-corrected chi connectivity index (χ1v) is 6.73. The van der Waals surface area contributed by atoms with Gasteiger partial charge in [-0.2, -0.15) is 15.4 Å². The van der Waals surface area contributed by atoms with Gasteiger partial charge in [-0.15, -0.1) is 0 Å². The zero-order valence-electron chi connectivity index (χ0n) is 11.1. The topological polar surface area (TPSA) is 88.5 Å². The van der Waals surface area contributed by atoms with Gasteiger partial charge in [-0.1, -0.05) is 18.7 Å². The summed E-state index contributed by atoms with van der Waals surface area (Å²) in [4.78, 5) is 15.1. The van der Waals surface area contributed by atoms with Crippen molar-refractivity contribution in [1.82, 2.24) is 30.3 Å². The van der Waals surface area contributed by atoms with Crippen LogP contribution in [0.15, 0.2) is 43.1 Å². The second kappa shape index (κ2) is 5.98. The summed E-state index contributed by atoms with van der Waals surface area (Å²) in [6, 6.07) is 3.99. The molecule has 0 spiro atoms. The van der Waals surface area contributed by atoms with Crippen molar-refractivity contribution in [3.63, 3.8) is 0 Å². The minimum atomic E-state index is -0.643. The van der Waals surface area contributed by atoms with Crippen LogP contribution in [0.5, 0.6) is 0 Å². The van der Waals surface area contributed by atoms with Gasteiger partial charge in [0.05, 0.1) is 18.2 Å². The molecule has 0 saturated carbocycles. The molecule has 0 radical (unpaired) electrons. The van der Waals surface area contributed by atoms with E-state index in [1.54, 1.807) is 29.1 Å². The van der Waals surface area contributed by atoms with Crippen LogP contribution in [-0.2, 0) is 0 Å². The van der Waals surface area contributed by atoms with Gasteiger partial charge >= 0.3 is 0 Å². The number of carbonyl (C=O) groups is 1. The zero-order valence-corrected chi connectivity index (χ0v) is 12.0. The number of halogens is 1. The highest BCUT2D eigenvalue weighted by Gasteiger charge is 2.20. The van der Waals surface area contributed by atoms with Crippen molar-refractivity contribution in [1.29, 1.82) is 0 Å². The van der Waals surface area contributed by atoms with Crippen LogP contribution in [0.2, 0.25) is 0 Å². The Morgan fingerprint density at radius 3 is 2.91 bits per heavy atom. The number of rotatable bonds is 4. The third-order valence-electron chi connectivity index (χ3n) is 3.08. The number of aromatic amines is 1. The quantitative estimate of drug-likeness (QED) is 0.641. The largest absolute Gasteiger partial charge is 0.335 e. The number of hydrogen-bond acceptors (Lipinski definition) is 4. The fraction of sp³-hybridized carbons (Fsp3) is 0.0769. The highest BCUT2D eigenvalue weighted by Crippen LogP contribution is 2.24. The van der Waals surface area contributed by atoms with Gasteiger partial charge in [0, 0.05) is 12.4 Å². The molecule has 1 unspecified atom stereocenters. The smallest absolute Gasteiger partial charge is 0.276 e. The van der Waals surface area contributed by atoms with Gasteiger partial charge in [0.15, 0.2) is 0 Å². The molecule has 0 aliphatic carbocycles. The minimum Gasteiger partial charge on any atom is -0.335 e. The van der Waals surface area contributed by atoms with Gasteiger partial charge in [-0.05, 0) is 17.7 Å². The zero-order chi connectivity index (χ0) is 15.5. The monoisotopic (exact) mass is 318 g/mol. The van der Waals surface area contributed by atoms with Crippen molar-refractivity contribution in [2.75, 3.05) is 0 Å². The molecule has 3 aromatic rings. The van der Waals surface area contributed by atoms with Crippen LogP contribution in [0.4, 0.5) is 9.18 Å². The van der Waals surface area contributed by atoms with E-state index in [1.807, 2.05) is 0 Å². The standard InChI is InChI=1S/C13H11FN6OS/c14-9-5-8(1-2-11(9)20-4-3-15-7-20)12(17-13(21)22)10-6-16-19-18-10/h1-7,12H,(H,16,18,19)(H2,17,21,22). The Hall–Kier alpha value is -2.68. The first-order chi connectivity index (χ1) is 10.6. The Labute approximate surface area is 130 Å². The number of benzene rings is 1. The van der Waals surface area contributed by atoms with Gasteiger partial charge < -0.3 is 9.88 Å². The maximum absolute atomic E-state index is 14.3. The molecule has 0 fully saturated rings. The van der Waals surface area contributed by atoms with E-state index in [4.69, 9.17) is 0 Å². The SMILES string of the molecule is O=C(S)NC(c1ccc(-n2ccnc2)c(F)c1)c1cn[nH]n1. The molecule has 0 aliphatic heterocycles. The molecule has 2 heterocycles. The summed E-state index contributed by atoms with van der Waals surface area (Å²) in [7, 11) is 0. The van der Waals surface area contributed by atoms with Crippen molar-refractivity contribution >= 4 is 17.9 Å². The van der Waals surface area contributed by atoms with E-state index in [1.165, 1.54) is 18.6 Å². The molecule has 0 aliphatic rings. The fourth-order valence-corrected chi connectivity index (χ4v) is 2.24. The number of hydrogen-bond donors (Lipinski definition) is 3. The Bertz CT molecular complexity index is 774. The number of H-pyrrole nitrogens is 1. The molecule has 0 saturated heterocycles. The van der Waals surface area contributed by atoms with Gasteiger partial charge in [0.1, 0.15) is 17.6 Å². The summed E-state index contributed by atoms with van der Waals surface area (Å²) < 4.78 is 15.9. The van der Waals surface area contributed by atoms with Crippen molar-refractivity contribution in [3.8, 4) is 5.69 Å². The van der Waals surface area contributed by atoms with Crippen LogP contribution >= 0.6 is 12.6 Å². The van der Waals surface area contributed by atoms with E-state index in [0.29, 0.717) is 16.9 Å². The Kier molecular flexibility index (Phi) is 3.88. The number of nitrogens with one attached hydrogen (secondary N) is 2. The highest BCUT2D eigenvalue weighted by atomic mass is 32.1. The Morgan fingerprint density at radius 1 is 1.45 bits per heavy atom. The molecule has 2 N–H and O–H groups in total. The molecule has 7 nitrogen and oxygen atoms in total. The van der Waals surface area contributed by atoms with Gasteiger partial charge in [-0.25, -0.2) is 9.37 Å². The lowest BCUT2D eigenvalue weighted by Crippen LogP contribution is -2.25. The molecule has 0 bridgehead atoms. The summed E-state index contributed by atoms with van der Waals surface area (Å²) in [6.07, 6.45) is 6.16. The van der Waals surface area contributed by atoms with Gasteiger partial charge in [0.2, 0.25) is 0 Å². The van der Waals surface area contributed by atoms with Crippen molar-refractivity contribution in [2.24, 2.45) is 0 Å². The van der Waals surface area contributed by atoms with E-state index in [-0.39, 0.29) is 0 Å². The van der Waals surface area contributed by atoms with Crippen LogP contribution in [0.3, 0.4) is 0 Å². The summed E-state index contributed by atoms with van der Waals surface area (Å²) in [5, 5.41) is 12.1. The third-order valence-corrected chi connectivity index (χ3v) is 3.21. The van der Waals surface area contributed by atoms with E-state index >= 15 is 0 Å². The van der Waals surface area contributed by atoms with Crippen LogP contribution in [0, 0.1) is 5.82 Å². The lowest BCUT2D eigenvalue weighted by Gasteiger charge is -2.16. The molecular formula is C13H11FN6OS. The Morgan fingerprint density at radius 2 is 2.32 bits per heavy atom. The molecule has 1 atom stereocenters. The van der Waals surface area contributed by atoms with Crippen LogP contribution in [0.25, 0.3) is 5.69 Å². The maximum Gasteiger partial charge on any atom is 0.276 e. The van der Waals surface area contributed by atoms with E-state index < -0.39 is 17.1 Å². The number of imidazole rings is 1. The van der Waals surface area contributed by atoms with Gasteiger partial charge in [-0.3, -0.25) is 4.79 Å². The Balaban J connectivity index is 1.98. The fourth-order valence-electron chi connectivity index (χ4n) is 2.11. The van der Waals surface area contributed by atoms with E-state index in [9.17, 15) is 9.18 Å². The molecule has 112 valence electrons. The number of aromatic nitrogens is 5. The molecular weight excluding hydrogens is 307 g/mol. The average Bonchev–Trinajstić information content (AvgIpc) is 3.17. The number of nitrogens with zero attached hydrogens (tertiary/aromatic N) is 4. The lowest BCUT2D eigenvalue weighted by atomic mass is 10.0. The summed E-state index contributed by atoms with van der Waals surface area (Å²) in [6.45, 7) is 0. The molecule has 3 rings (SSSR count). The predicted molar refractivity (Wildman–Crippen MR) is 79.3 cm³/mol.